The van der Waals surface area contributed by atoms with Gasteiger partial charge in [-0.25, -0.2) is 9.59 Å². The second kappa shape index (κ2) is 7.12. The minimum atomic E-state index is -1.05. The Labute approximate surface area is 118 Å². The van der Waals surface area contributed by atoms with Gasteiger partial charge in [0.15, 0.2) is 0 Å². The molecular formula is C13H23N3O4. The summed E-state index contributed by atoms with van der Waals surface area (Å²) in [5.41, 5.74) is 5.26. The molecule has 0 aromatic rings. The molecule has 3 atom stereocenters. The maximum absolute atomic E-state index is 12.1. The van der Waals surface area contributed by atoms with E-state index in [0.717, 1.165) is 0 Å². The highest BCUT2D eigenvalue weighted by atomic mass is 16.4. The molecule has 20 heavy (non-hydrogen) atoms. The summed E-state index contributed by atoms with van der Waals surface area (Å²) in [5.74, 6) is -1.97. The molecule has 7 heteroatoms. The fraction of sp³-hybridized carbons (Fsp3) is 0.769. The van der Waals surface area contributed by atoms with Gasteiger partial charge in [-0.15, -0.1) is 0 Å². The predicted molar refractivity (Wildman–Crippen MR) is 72.9 cm³/mol. The van der Waals surface area contributed by atoms with Crippen LogP contribution in [0.1, 0.15) is 33.1 Å². The topological polar surface area (TPSA) is 113 Å². The lowest BCUT2D eigenvalue weighted by Gasteiger charge is -2.32. The second-order valence-corrected chi connectivity index (χ2v) is 5.34. The molecule has 114 valence electrons. The van der Waals surface area contributed by atoms with Crippen LogP contribution in [0.3, 0.4) is 0 Å². The quantitative estimate of drug-likeness (QED) is 0.678. The van der Waals surface area contributed by atoms with E-state index in [2.05, 4.69) is 5.32 Å². The molecule has 1 rings (SSSR count). The molecule has 0 bridgehead atoms. The number of carbonyl (C=O) groups excluding carboxylic acids is 2. The van der Waals surface area contributed by atoms with Crippen molar-refractivity contribution in [3.8, 4) is 0 Å². The van der Waals surface area contributed by atoms with Gasteiger partial charge < -0.3 is 21.1 Å². The summed E-state index contributed by atoms with van der Waals surface area (Å²) in [6.07, 6.45) is 2.02. The van der Waals surface area contributed by atoms with Crippen molar-refractivity contribution in [3.63, 3.8) is 0 Å². The number of aliphatic carboxylic acids is 1. The van der Waals surface area contributed by atoms with Crippen molar-refractivity contribution in [1.29, 1.82) is 0 Å². The third-order valence-electron chi connectivity index (χ3n) is 3.87. The molecule has 7 nitrogen and oxygen atoms in total. The Kier molecular flexibility index (Phi) is 5.79. The summed E-state index contributed by atoms with van der Waals surface area (Å²) < 4.78 is 0. The Hall–Kier alpha value is -1.79. The van der Waals surface area contributed by atoms with Crippen LogP contribution < -0.4 is 11.1 Å². The van der Waals surface area contributed by atoms with Gasteiger partial charge in [-0.3, -0.25) is 4.79 Å². The number of primary amides is 1. The van der Waals surface area contributed by atoms with E-state index in [-0.39, 0.29) is 18.4 Å². The van der Waals surface area contributed by atoms with Gasteiger partial charge in [-0.05, 0) is 18.8 Å². The summed E-state index contributed by atoms with van der Waals surface area (Å²) in [6, 6.07) is -1.36. The van der Waals surface area contributed by atoms with Gasteiger partial charge in [-0.1, -0.05) is 20.3 Å². The highest BCUT2D eigenvalue weighted by Gasteiger charge is 2.31. The van der Waals surface area contributed by atoms with E-state index in [1.165, 1.54) is 4.90 Å². The Balaban J connectivity index is 2.64. The second-order valence-electron chi connectivity index (χ2n) is 5.34. The highest BCUT2D eigenvalue weighted by Crippen LogP contribution is 2.16. The minimum absolute atomic E-state index is 0.159. The van der Waals surface area contributed by atoms with E-state index in [0.29, 0.717) is 25.8 Å². The lowest BCUT2D eigenvalue weighted by Crippen LogP contribution is -2.53. The number of rotatable bonds is 5. The van der Waals surface area contributed by atoms with Gasteiger partial charge in [0.1, 0.15) is 6.04 Å². The number of hydrogen-bond donors (Lipinski definition) is 3. The molecule has 0 aromatic carbocycles. The van der Waals surface area contributed by atoms with Crippen LogP contribution in [0.15, 0.2) is 0 Å². The molecule has 0 spiro atoms. The molecule has 1 saturated heterocycles. The van der Waals surface area contributed by atoms with Crippen molar-refractivity contribution in [2.24, 2.45) is 17.6 Å². The van der Waals surface area contributed by atoms with E-state index >= 15 is 0 Å². The fourth-order valence-corrected chi connectivity index (χ4v) is 2.30. The lowest BCUT2D eigenvalue weighted by molar-refractivity contribution is -0.140. The first kappa shape index (κ1) is 16.3. The number of nitrogens with zero attached hydrogens (tertiary/aromatic N) is 1. The molecule has 3 amide bonds. The van der Waals surface area contributed by atoms with Crippen LogP contribution in [-0.2, 0) is 9.59 Å². The van der Waals surface area contributed by atoms with Crippen LogP contribution in [0.2, 0.25) is 0 Å². The van der Waals surface area contributed by atoms with Gasteiger partial charge >= 0.3 is 12.0 Å². The van der Waals surface area contributed by atoms with Crippen molar-refractivity contribution in [1.82, 2.24) is 10.2 Å². The number of hydrogen-bond acceptors (Lipinski definition) is 3. The van der Waals surface area contributed by atoms with Crippen molar-refractivity contribution in [3.05, 3.63) is 0 Å². The number of nitrogens with two attached hydrogens (primary N) is 1. The molecule has 4 N–H and O–H groups in total. The first-order valence-corrected chi connectivity index (χ1v) is 6.94. The van der Waals surface area contributed by atoms with Gasteiger partial charge in [-0.2, -0.15) is 0 Å². The van der Waals surface area contributed by atoms with E-state index in [1.54, 1.807) is 6.92 Å². The number of piperidine rings is 1. The van der Waals surface area contributed by atoms with E-state index in [1.807, 2.05) is 6.92 Å². The van der Waals surface area contributed by atoms with E-state index in [9.17, 15) is 14.4 Å². The summed E-state index contributed by atoms with van der Waals surface area (Å²) in [5, 5.41) is 11.7. The number of urea groups is 1. The number of amides is 3. The number of nitrogens with one attached hydrogen (secondary N) is 1. The van der Waals surface area contributed by atoms with Crippen LogP contribution in [0.25, 0.3) is 0 Å². The van der Waals surface area contributed by atoms with Crippen molar-refractivity contribution >= 4 is 17.9 Å². The van der Waals surface area contributed by atoms with Gasteiger partial charge in [0.2, 0.25) is 5.91 Å². The Morgan fingerprint density at radius 2 is 2.10 bits per heavy atom. The number of carboxylic acids is 1. The van der Waals surface area contributed by atoms with Crippen molar-refractivity contribution in [2.75, 3.05) is 13.1 Å². The van der Waals surface area contributed by atoms with E-state index < -0.39 is 23.9 Å². The fourth-order valence-electron chi connectivity index (χ4n) is 2.30. The maximum atomic E-state index is 12.1. The lowest BCUT2D eigenvalue weighted by atomic mass is 9.97. The molecule has 1 unspecified atom stereocenters. The van der Waals surface area contributed by atoms with Crippen LogP contribution in [0, 0.1) is 11.8 Å². The predicted octanol–water partition coefficient (Wildman–Crippen LogP) is 0.393. The van der Waals surface area contributed by atoms with Crippen LogP contribution in [0.5, 0.6) is 0 Å². The molecule has 1 aliphatic heterocycles. The van der Waals surface area contributed by atoms with Crippen LogP contribution in [-0.4, -0.2) is 47.0 Å². The molecule has 0 saturated carbocycles. The third kappa shape index (κ3) is 4.11. The number of carbonyl (C=O) groups is 3. The molecule has 0 aromatic heterocycles. The minimum Gasteiger partial charge on any atom is -0.480 e. The molecular weight excluding hydrogens is 262 g/mol. The van der Waals surface area contributed by atoms with Crippen LogP contribution >= 0.6 is 0 Å². The first-order chi connectivity index (χ1) is 9.36. The molecule has 1 aliphatic rings. The summed E-state index contributed by atoms with van der Waals surface area (Å²) in [6.45, 7) is 4.43. The average Bonchev–Trinajstić information content (AvgIpc) is 2.43. The maximum Gasteiger partial charge on any atom is 0.326 e. The zero-order valence-corrected chi connectivity index (χ0v) is 12.0. The summed E-state index contributed by atoms with van der Waals surface area (Å²) in [7, 11) is 0. The molecule has 1 fully saturated rings. The van der Waals surface area contributed by atoms with Crippen molar-refractivity contribution in [2.45, 2.75) is 39.2 Å². The molecule has 1 heterocycles. The standard InChI is InChI=1S/C13H23N3O4/c1-3-8(2)10(12(18)19)15-13(20)16-6-4-5-9(7-16)11(14)17/h8-10H,3-7H2,1-2H3,(H2,14,17)(H,15,20)(H,18,19)/t8-,9?,10-/m0/s1. The van der Waals surface area contributed by atoms with Gasteiger partial charge in [0.25, 0.3) is 0 Å². The van der Waals surface area contributed by atoms with Crippen molar-refractivity contribution < 1.29 is 19.5 Å². The largest absolute Gasteiger partial charge is 0.480 e. The number of likely N-dealkylation sites (tertiary alicyclic amines) is 1. The van der Waals surface area contributed by atoms with Gasteiger partial charge in [0.05, 0.1) is 5.92 Å². The zero-order valence-electron chi connectivity index (χ0n) is 12.0. The average molecular weight is 285 g/mol. The summed E-state index contributed by atoms with van der Waals surface area (Å²) in [4.78, 5) is 35.9. The molecule has 0 aliphatic carbocycles. The zero-order chi connectivity index (χ0) is 15.3. The van der Waals surface area contributed by atoms with Gasteiger partial charge in [0, 0.05) is 13.1 Å². The third-order valence-corrected chi connectivity index (χ3v) is 3.87. The highest BCUT2D eigenvalue weighted by molar-refractivity contribution is 5.83. The monoisotopic (exact) mass is 285 g/mol. The Morgan fingerprint density at radius 1 is 1.45 bits per heavy atom. The normalized spacial score (nSPS) is 21.9. The Bertz CT molecular complexity index is 386. The number of carboxylic acid groups (broad SMARTS) is 1. The van der Waals surface area contributed by atoms with E-state index in [4.69, 9.17) is 10.8 Å². The Morgan fingerprint density at radius 3 is 2.60 bits per heavy atom. The first-order valence-electron chi connectivity index (χ1n) is 6.94. The van der Waals surface area contributed by atoms with Crippen LogP contribution in [0.4, 0.5) is 4.79 Å². The summed E-state index contributed by atoms with van der Waals surface area (Å²) >= 11 is 0. The molecule has 0 radical (unpaired) electrons. The smallest absolute Gasteiger partial charge is 0.326 e. The SMILES string of the molecule is CC[C@H](C)[C@H](NC(=O)N1CCCC(C(N)=O)C1)C(=O)O.